The van der Waals surface area contributed by atoms with Gasteiger partial charge >= 0.3 is 5.97 Å². The van der Waals surface area contributed by atoms with Crippen LogP contribution in [-0.2, 0) is 15.1 Å². The molecule has 1 saturated carbocycles. The number of ketones is 1. The number of fused-ring (bicyclic) bond motifs is 2. The number of carbonyl (C=O) groups is 2. The molecule has 0 heterocycles. The van der Waals surface area contributed by atoms with Crippen LogP contribution in [0.3, 0.4) is 0 Å². The summed E-state index contributed by atoms with van der Waals surface area (Å²) >= 11 is 0. The summed E-state index contributed by atoms with van der Waals surface area (Å²) in [4.78, 5) is 30.3. The van der Waals surface area contributed by atoms with Crippen molar-refractivity contribution in [3.8, 4) is 6.07 Å². The van der Waals surface area contributed by atoms with Crippen LogP contribution in [0, 0.1) is 36.5 Å². The minimum Gasteiger partial charge on any atom is -0.465 e. The molecule has 0 unspecified atom stereocenters. The lowest BCUT2D eigenvalue weighted by Crippen LogP contribution is -2.59. The molecule has 1 fully saturated rings. The van der Waals surface area contributed by atoms with Crippen LogP contribution in [0.2, 0.25) is 0 Å². The first-order valence-corrected chi connectivity index (χ1v) is 17.2. The average molecular weight is 658 g/mol. The Balaban J connectivity index is 1.62. The first-order chi connectivity index (χ1) is 24.2. The van der Waals surface area contributed by atoms with Crippen molar-refractivity contribution in [3.05, 3.63) is 167 Å². The molecule has 1 aliphatic carbocycles. The average Bonchev–Trinajstić information content (AvgIpc) is 3.14. The van der Waals surface area contributed by atoms with Gasteiger partial charge in [-0.1, -0.05) is 145 Å². The van der Waals surface area contributed by atoms with Gasteiger partial charge in [0.2, 0.25) is 0 Å². The Kier molecular flexibility index (Phi) is 8.59. The number of aliphatic hydroxyl groups is 1. The highest BCUT2D eigenvalue weighted by Crippen LogP contribution is 2.64. The Labute approximate surface area is 292 Å². The van der Waals surface area contributed by atoms with Crippen molar-refractivity contribution in [3.63, 3.8) is 0 Å². The Morgan fingerprint density at radius 2 is 1.28 bits per heavy atom. The summed E-state index contributed by atoms with van der Waals surface area (Å²) in [5, 5.41) is 28.6. The first kappa shape index (κ1) is 33.0. The molecule has 0 amide bonds. The summed E-state index contributed by atoms with van der Waals surface area (Å²) in [7, 11) is 0. The van der Waals surface area contributed by atoms with E-state index in [9.17, 15) is 15.2 Å². The van der Waals surface area contributed by atoms with Crippen LogP contribution in [0.15, 0.2) is 133 Å². The third-order valence-corrected chi connectivity index (χ3v) is 10.7. The fourth-order valence-electron chi connectivity index (χ4n) is 8.33. The normalized spacial score (nSPS) is 23.3. The van der Waals surface area contributed by atoms with Gasteiger partial charge in [-0.2, -0.15) is 5.26 Å². The number of aryl methyl sites for hydroxylation is 2. The third-order valence-electron chi connectivity index (χ3n) is 10.7. The van der Waals surface area contributed by atoms with Crippen LogP contribution in [-0.4, -0.2) is 23.5 Å². The summed E-state index contributed by atoms with van der Waals surface area (Å²) in [5.74, 6) is -4.22. The zero-order valence-corrected chi connectivity index (χ0v) is 28.5. The smallest absolute Gasteiger partial charge is 0.327 e. The van der Waals surface area contributed by atoms with E-state index in [-0.39, 0.29) is 18.8 Å². The highest BCUT2D eigenvalue weighted by atomic mass is 16.5. The molecule has 1 aliphatic rings. The molecule has 5 nitrogen and oxygen atoms in total. The number of hydrogen-bond donors (Lipinski definition) is 1. The number of nitrogens with zero attached hydrogens (tertiary/aromatic N) is 1. The number of ether oxygens (including phenoxy) is 1. The van der Waals surface area contributed by atoms with E-state index < -0.39 is 34.7 Å². The van der Waals surface area contributed by atoms with Gasteiger partial charge in [0.1, 0.15) is 5.60 Å². The Hall–Kier alpha value is -5.57. The minimum atomic E-state index is -1.87. The van der Waals surface area contributed by atoms with Gasteiger partial charge in [-0.15, -0.1) is 0 Å². The van der Waals surface area contributed by atoms with Crippen LogP contribution in [0.4, 0.5) is 0 Å². The van der Waals surface area contributed by atoms with Gasteiger partial charge in [0, 0.05) is 17.4 Å². The van der Waals surface area contributed by atoms with Crippen molar-refractivity contribution >= 4 is 33.3 Å². The SMILES string of the molecule is CCOC(=O)[C@]1(C#N)[C@@H](c2ccc(C)cc2)C[C@](O)(c2cccc3ccccc23)[C@H](C(=O)c2cccc3ccccc23)[C@@H]1c1ccc(C)cc1. The van der Waals surface area contributed by atoms with E-state index in [1.54, 1.807) is 13.0 Å². The summed E-state index contributed by atoms with van der Waals surface area (Å²) in [6.07, 6.45) is -0.0695. The van der Waals surface area contributed by atoms with Crippen molar-refractivity contribution < 1.29 is 19.4 Å². The van der Waals surface area contributed by atoms with Gasteiger partial charge in [-0.25, -0.2) is 0 Å². The number of rotatable bonds is 7. The molecule has 0 spiro atoms. The summed E-state index contributed by atoms with van der Waals surface area (Å²) in [6, 6.07) is 44.7. The molecular weight excluding hydrogens is 618 g/mol. The van der Waals surface area contributed by atoms with Crippen molar-refractivity contribution in [2.24, 2.45) is 11.3 Å². The van der Waals surface area contributed by atoms with Crippen LogP contribution >= 0.6 is 0 Å². The summed E-state index contributed by atoms with van der Waals surface area (Å²) in [5.41, 5.74) is 0.643. The van der Waals surface area contributed by atoms with Crippen molar-refractivity contribution in [1.82, 2.24) is 0 Å². The molecule has 7 rings (SSSR count). The zero-order chi connectivity index (χ0) is 35.0. The van der Waals surface area contributed by atoms with E-state index in [2.05, 4.69) is 6.07 Å². The van der Waals surface area contributed by atoms with Gasteiger partial charge in [0.15, 0.2) is 11.2 Å². The van der Waals surface area contributed by atoms with Gasteiger partial charge < -0.3 is 9.84 Å². The molecule has 0 aromatic heterocycles. The van der Waals surface area contributed by atoms with Gasteiger partial charge in [0.25, 0.3) is 0 Å². The number of esters is 1. The van der Waals surface area contributed by atoms with Crippen molar-refractivity contribution in [2.45, 2.75) is 44.6 Å². The molecule has 0 aliphatic heterocycles. The largest absolute Gasteiger partial charge is 0.465 e. The van der Waals surface area contributed by atoms with Crippen molar-refractivity contribution in [2.75, 3.05) is 6.61 Å². The number of hydrogen-bond acceptors (Lipinski definition) is 5. The van der Waals surface area contributed by atoms with E-state index in [0.717, 1.165) is 38.2 Å². The molecule has 1 N–H and O–H groups in total. The second kappa shape index (κ2) is 13.0. The molecule has 50 heavy (non-hydrogen) atoms. The summed E-state index contributed by atoms with van der Waals surface area (Å²) in [6.45, 7) is 5.72. The highest BCUT2D eigenvalue weighted by Gasteiger charge is 2.68. The van der Waals surface area contributed by atoms with E-state index in [1.807, 2.05) is 141 Å². The van der Waals surface area contributed by atoms with Gasteiger partial charge in [-0.3, -0.25) is 9.59 Å². The van der Waals surface area contributed by atoms with E-state index in [0.29, 0.717) is 16.7 Å². The lowest BCUT2D eigenvalue weighted by atomic mass is 9.47. The first-order valence-electron chi connectivity index (χ1n) is 17.2. The van der Waals surface area contributed by atoms with E-state index in [4.69, 9.17) is 4.74 Å². The van der Waals surface area contributed by atoms with Crippen LogP contribution < -0.4 is 0 Å². The van der Waals surface area contributed by atoms with Crippen LogP contribution in [0.25, 0.3) is 21.5 Å². The second-order valence-corrected chi connectivity index (χ2v) is 13.6. The molecule has 248 valence electrons. The molecule has 6 aromatic carbocycles. The maximum absolute atomic E-state index is 15.6. The lowest BCUT2D eigenvalue weighted by molar-refractivity contribution is -0.164. The lowest BCUT2D eigenvalue weighted by Gasteiger charge is -2.54. The van der Waals surface area contributed by atoms with Crippen molar-refractivity contribution in [1.29, 1.82) is 5.26 Å². The summed E-state index contributed by atoms with van der Waals surface area (Å²) < 4.78 is 5.82. The van der Waals surface area contributed by atoms with Crippen LogP contribution in [0.1, 0.15) is 63.4 Å². The van der Waals surface area contributed by atoms with Gasteiger partial charge in [0.05, 0.1) is 18.6 Å². The monoisotopic (exact) mass is 657 g/mol. The van der Waals surface area contributed by atoms with Gasteiger partial charge in [-0.05, 0) is 65.4 Å². The highest BCUT2D eigenvalue weighted by molar-refractivity contribution is 6.10. The third kappa shape index (κ3) is 5.28. The molecule has 6 aromatic rings. The maximum atomic E-state index is 15.6. The van der Waals surface area contributed by atoms with Crippen LogP contribution in [0.5, 0.6) is 0 Å². The predicted octanol–water partition coefficient (Wildman–Crippen LogP) is 9.34. The molecule has 0 bridgehead atoms. The quantitative estimate of drug-likeness (QED) is 0.137. The topological polar surface area (TPSA) is 87.4 Å². The number of Topliss-reactive ketones (excluding diaryl/α,β-unsaturated/α-hetero) is 1. The Morgan fingerprint density at radius 3 is 1.90 bits per heavy atom. The fraction of sp³-hybridized carbons (Fsp3) is 0.222. The molecule has 0 radical (unpaired) electrons. The standard InChI is InChI=1S/C45H39NO4/c1-4-50-43(48)44(28-46)39(33-23-19-29(2)20-24-33)27-45(49,38-18-10-14-32-12-6-8-16-36(32)38)41(40(44)34-25-21-30(3)22-26-34)42(47)37-17-9-13-31-11-5-7-15-35(31)37/h5-26,39-41,49H,4,27H2,1-3H3/t39-,40+,41+,44-,45+/m1/s1. The fourth-order valence-corrected chi connectivity index (χ4v) is 8.33. The number of benzene rings is 6. The predicted molar refractivity (Wildman–Crippen MR) is 197 cm³/mol. The molecular formula is C45H39NO4. The molecule has 5 atom stereocenters. The second-order valence-electron chi connectivity index (χ2n) is 13.6. The molecule has 5 heteroatoms. The number of nitriles is 1. The Bertz CT molecular complexity index is 2260. The number of carbonyl (C=O) groups excluding carboxylic acids is 2. The minimum absolute atomic E-state index is 0.0546. The zero-order valence-electron chi connectivity index (χ0n) is 28.5. The maximum Gasteiger partial charge on any atom is 0.327 e. The van der Waals surface area contributed by atoms with E-state index in [1.165, 1.54) is 0 Å². The van der Waals surface area contributed by atoms with E-state index >= 15 is 4.79 Å². The molecule has 0 saturated heterocycles. The Morgan fingerprint density at radius 1 is 0.740 bits per heavy atom.